The van der Waals surface area contributed by atoms with Crippen molar-refractivity contribution in [2.45, 2.75) is 20.0 Å². The van der Waals surface area contributed by atoms with Gasteiger partial charge in [-0.1, -0.05) is 29.8 Å². The van der Waals surface area contributed by atoms with Gasteiger partial charge in [0.1, 0.15) is 11.6 Å². The van der Waals surface area contributed by atoms with Crippen molar-refractivity contribution in [1.29, 1.82) is 0 Å². The smallest absolute Gasteiger partial charge is 0.266 e. The van der Waals surface area contributed by atoms with Crippen molar-refractivity contribution in [2.75, 3.05) is 5.32 Å². The zero-order valence-corrected chi connectivity index (χ0v) is 12.0. The summed E-state index contributed by atoms with van der Waals surface area (Å²) in [5.74, 6) is 0.710. The molecule has 20 heavy (non-hydrogen) atoms. The zero-order chi connectivity index (χ0) is 14.5. The number of anilines is 1. The molecule has 1 aromatic heterocycles. The van der Waals surface area contributed by atoms with Gasteiger partial charge in [0.2, 0.25) is 0 Å². The van der Waals surface area contributed by atoms with Crippen LogP contribution in [0.5, 0.6) is 5.75 Å². The highest BCUT2D eigenvalue weighted by Crippen LogP contribution is 2.24. The predicted molar refractivity (Wildman–Crippen MR) is 79.1 cm³/mol. The molecule has 0 fully saturated rings. The van der Waals surface area contributed by atoms with Gasteiger partial charge in [0.25, 0.3) is 5.91 Å². The Hall–Kier alpha value is -2.07. The number of carbonyl (C=O) groups excluding carboxylic acids is 1. The standard InChI is InChI=1S/C15H15ClN2O2/c1-10-6-5-9-14(17-10)18-15(19)11(2)20-13-8-4-3-7-12(13)16/h3-9,11H,1-2H3,(H,17,18,19). The van der Waals surface area contributed by atoms with Crippen LogP contribution in [0, 0.1) is 6.92 Å². The molecule has 0 aliphatic rings. The van der Waals surface area contributed by atoms with Crippen LogP contribution in [0.2, 0.25) is 5.02 Å². The first-order chi connectivity index (χ1) is 9.56. The molecule has 0 saturated heterocycles. The number of aryl methyl sites for hydroxylation is 1. The summed E-state index contributed by atoms with van der Waals surface area (Å²) in [6.07, 6.45) is -0.669. The van der Waals surface area contributed by atoms with Crippen molar-refractivity contribution >= 4 is 23.3 Å². The molecule has 2 aromatic rings. The van der Waals surface area contributed by atoms with Crippen molar-refractivity contribution in [3.8, 4) is 5.75 Å². The first-order valence-electron chi connectivity index (χ1n) is 6.22. The van der Waals surface area contributed by atoms with Crippen LogP contribution in [0.1, 0.15) is 12.6 Å². The second-order valence-corrected chi connectivity index (χ2v) is 4.75. The number of ether oxygens (including phenoxy) is 1. The molecule has 1 heterocycles. The number of hydrogen-bond donors (Lipinski definition) is 1. The molecule has 0 bridgehead atoms. The Morgan fingerprint density at radius 1 is 1.25 bits per heavy atom. The Labute approximate surface area is 122 Å². The van der Waals surface area contributed by atoms with Crippen LogP contribution in [-0.4, -0.2) is 17.0 Å². The molecule has 1 atom stereocenters. The van der Waals surface area contributed by atoms with Crippen molar-refractivity contribution in [2.24, 2.45) is 0 Å². The molecule has 104 valence electrons. The normalized spacial score (nSPS) is 11.8. The van der Waals surface area contributed by atoms with Gasteiger partial charge in [-0.3, -0.25) is 4.79 Å². The third kappa shape index (κ3) is 3.71. The number of benzene rings is 1. The molecule has 1 unspecified atom stereocenters. The summed E-state index contributed by atoms with van der Waals surface area (Å²) in [5.41, 5.74) is 0.836. The molecule has 0 aliphatic heterocycles. The van der Waals surface area contributed by atoms with Crippen molar-refractivity contribution in [3.05, 3.63) is 53.2 Å². The van der Waals surface area contributed by atoms with Crippen molar-refractivity contribution in [3.63, 3.8) is 0 Å². The SMILES string of the molecule is Cc1cccc(NC(=O)C(C)Oc2ccccc2Cl)n1. The van der Waals surface area contributed by atoms with Gasteiger partial charge in [-0.05, 0) is 38.1 Å². The van der Waals surface area contributed by atoms with Crippen molar-refractivity contribution < 1.29 is 9.53 Å². The van der Waals surface area contributed by atoms with E-state index in [9.17, 15) is 4.79 Å². The average Bonchev–Trinajstić information content (AvgIpc) is 2.41. The molecule has 0 saturated carbocycles. The Morgan fingerprint density at radius 3 is 2.70 bits per heavy atom. The summed E-state index contributed by atoms with van der Waals surface area (Å²) < 4.78 is 5.54. The molecule has 0 spiro atoms. The van der Waals surface area contributed by atoms with Gasteiger partial charge >= 0.3 is 0 Å². The van der Waals surface area contributed by atoms with Gasteiger partial charge in [0.15, 0.2) is 6.10 Å². The summed E-state index contributed by atoms with van der Waals surface area (Å²) in [7, 11) is 0. The second-order valence-electron chi connectivity index (χ2n) is 4.34. The molecule has 2 rings (SSSR count). The molecule has 5 heteroatoms. The largest absolute Gasteiger partial charge is 0.479 e. The highest BCUT2D eigenvalue weighted by atomic mass is 35.5. The topological polar surface area (TPSA) is 51.2 Å². The minimum Gasteiger partial charge on any atom is -0.479 e. The fraction of sp³-hybridized carbons (Fsp3) is 0.200. The first kappa shape index (κ1) is 14.3. The number of nitrogens with zero attached hydrogens (tertiary/aromatic N) is 1. The lowest BCUT2D eigenvalue weighted by molar-refractivity contribution is -0.122. The summed E-state index contributed by atoms with van der Waals surface area (Å²) in [6, 6.07) is 12.5. The predicted octanol–water partition coefficient (Wildman–Crippen LogP) is 3.45. The van der Waals surface area contributed by atoms with Crippen LogP contribution in [-0.2, 0) is 4.79 Å². The number of nitrogens with one attached hydrogen (secondary N) is 1. The lowest BCUT2D eigenvalue weighted by Crippen LogP contribution is -2.30. The molecule has 0 radical (unpaired) electrons. The number of rotatable bonds is 4. The Bertz CT molecular complexity index is 616. The van der Waals surface area contributed by atoms with E-state index >= 15 is 0 Å². The van der Waals surface area contributed by atoms with Gasteiger partial charge in [-0.25, -0.2) is 4.98 Å². The summed E-state index contributed by atoms with van der Waals surface area (Å²) in [4.78, 5) is 16.2. The maximum Gasteiger partial charge on any atom is 0.266 e. The number of aromatic nitrogens is 1. The number of pyridine rings is 1. The number of hydrogen-bond acceptors (Lipinski definition) is 3. The van der Waals surface area contributed by atoms with E-state index in [1.165, 1.54) is 0 Å². The van der Waals surface area contributed by atoms with E-state index in [4.69, 9.17) is 16.3 Å². The van der Waals surface area contributed by atoms with E-state index in [2.05, 4.69) is 10.3 Å². The van der Waals surface area contributed by atoms with E-state index < -0.39 is 6.10 Å². The Kier molecular flexibility index (Phi) is 4.58. The van der Waals surface area contributed by atoms with Crippen LogP contribution in [0.15, 0.2) is 42.5 Å². The summed E-state index contributed by atoms with van der Waals surface area (Å²) in [5, 5.41) is 3.18. The van der Waals surface area contributed by atoms with Gasteiger partial charge in [-0.15, -0.1) is 0 Å². The number of para-hydroxylation sites is 1. The van der Waals surface area contributed by atoms with Gasteiger partial charge in [0.05, 0.1) is 5.02 Å². The van der Waals surface area contributed by atoms with Crippen molar-refractivity contribution in [1.82, 2.24) is 4.98 Å². The molecule has 1 aromatic carbocycles. The first-order valence-corrected chi connectivity index (χ1v) is 6.60. The van der Waals surface area contributed by atoms with Gasteiger partial charge in [-0.2, -0.15) is 0 Å². The van der Waals surface area contributed by atoms with Gasteiger partial charge in [0, 0.05) is 5.69 Å². The molecule has 4 nitrogen and oxygen atoms in total. The highest BCUT2D eigenvalue weighted by molar-refractivity contribution is 6.32. The van der Waals surface area contributed by atoms with E-state index in [-0.39, 0.29) is 5.91 Å². The van der Waals surface area contributed by atoms with Crippen LogP contribution in [0.4, 0.5) is 5.82 Å². The van der Waals surface area contributed by atoms with E-state index in [0.717, 1.165) is 5.69 Å². The summed E-state index contributed by atoms with van der Waals surface area (Å²) in [6.45, 7) is 3.52. The second kappa shape index (κ2) is 6.39. The third-order valence-corrected chi connectivity index (χ3v) is 2.96. The number of amides is 1. The minimum atomic E-state index is -0.669. The molecular formula is C15H15ClN2O2. The molecule has 1 amide bonds. The average molecular weight is 291 g/mol. The Morgan fingerprint density at radius 2 is 2.00 bits per heavy atom. The molecule has 0 aliphatic carbocycles. The number of halogens is 1. The van der Waals surface area contributed by atoms with Crippen LogP contribution >= 0.6 is 11.6 Å². The van der Waals surface area contributed by atoms with E-state index in [1.54, 1.807) is 37.3 Å². The third-order valence-electron chi connectivity index (χ3n) is 2.65. The van der Waals surface area contributed by atoms with Crippen LogP contribution in [0.3, 0.4) is 0 Å². The van der Waals surface area contributed by atoms with E-state index in [0.29, 0.717) is 16.6 Å². The van der Waals surface area contributed by atoms with E-state index in [1.807, 2.05) is 19.1 Å². The molecular weight excluding hydrogens is 276 g/mol. The summed E-state index contributed by atoms with van der Waals surface area (Å²) >= 11 is 5.98. The van der Waals surface area contributed by atoms with Crippen LogP contribution < -0.4 is 10.1 Å². The molecule has 1 N–H and O–H groups in total. The Balaban J connectivity index is 2.01. The highest BCUT2D eigenvalue weighted by Gasteiger charge is 2.16. The van der Waals surface area contributed by atoms with Gasteiger partial charge < -0.3 is 10.1 Å². The van der Waals surface area contributed by atoms with Crippen LogP contribution in [0.25, 0.3) is 0 Å². The lowest BCUT2D eigenvalue weighted by atomic mass is 10.3. The zero-order valence-electron chi connectivity index (χ0n) is 11.3. The minimum absolute atomic E-state index is 0.275. The fourth-order valence-electron chi connectivity index (χ4n) is 1.62. The number of carbonyl (C=O) groups is 1. The lowest BCUT2D eigenvalue weighted by Gasteiger charge is -2.15. The maximum absolute atomic E-state index is 12.0. The fourth-order valence-corrected chi connectivity index (χ4v) is 1.81. The quantitative estimate of drug-likeness (QED) is 0.938. The maximum atomic E-state index is 12.0. The monoisotopic (exact) mass is 290 g/mol.